The van der Waals surface area contributed by atoms with Crippen molar-refractivity contribution in [3.05, 3.63) is 72.3 Å². The second-order valence-corrected chi connectivity index (χ2v) is 5.84. The van der Waals surface area contributed by atoms with Gasteiger partial charge in [-0.2, -0.15) is 0 Å². The maximum atomic E-state index is 13.9. The number of aromatic nitrogens is 5. The van der Waals surface area contributed by atoms with Gasteiger partial charge in [-0.3, -0.25) is 4.98 Å². The van der Waals surface area contributed by atoms with Gasteiger partial charge in [-0.25, -0.2) is 24.3 Å². The van der Waals surface area contributed by atoms with E-state index in [9.17, 15) is 4.39 Å². The van der Waals surface area contributed by atoms with Gasteiger partial charge in [-0.05, 0) is 24.6 Å². The minimum atomic E-state index is -0.735. The maximum absolute atomic E-state index is 13.9. The Balaban J connectivity index is 2.20. The summed E-state index contributed by atoms with van der Waals surface area (Å²) in [4.78, 5) is 21.2. The Hall–Kier alpha value is -3.19. The average Bonchev–Trinajstić information content (AvgIpc) is 2.61. The monoisotopic (exact) mass is 368 g/mol. The number of anilines is 2. The van der Waals surface area contributed by atoms with Crippen LogP contribution in [0.5, 0.6) is 0 Å². The molecular weight excluding hydrogens is 355 g/mol. The molecule has 6 nitrogen and oxygen atoms in total. The highest BCUT2D eigenvalue weighted by atomic mass is 35.5. The van der Waals surface area contributed by atoms with Gasteiger partial charge in [0.15, 0.2) is 22.8 Å². The summed E-state index contributed by atoms with van der Waals surface area (Å²) < 4.78 is 13.9. The first kappa shape index (κ1) is 17.6. The van der Waals surface area contributed by atoms with Crippen LogP contribution in [0, 0.1) is 6.92 Å². The third kappa shape index (κ3) is 3.73. The van der Waals surface area contributed by atoms with Crippen LogP contribution in [0.1, 0.15) is 11.4 Å². The number of pyridine rings is 1. The lowest BCUT2D eigenvalue weighted by Gasteiger charge is -2.12. The quantitative estimate of drug-likeness (QED) is 0.669. The van der Waals surface area contributed by atoms with Gasteiger partial charge < -0.3 is 5.32 Å². The molecule has 3 aromatic rings. The molecule has 0 atom stereocenters. The summed E-state index contributed by atoms with van der Waals surface area (Å²) in [6.45, 7) is 8.76. The molecule has 3 rings (SSSR count). The third-order valence-electron chi connectivity index (χ3n) is 3.44. The van der Waals surface area contributed by atoms with Crippen LogP contribution in [0.3, 0.4) is 0 Å². The van der Waals surface area contributed by atoms with Gasteiger partial charge in [0.05, 0.1) is 5.57 Å². The number of hydrogen-bond donors (Lipinski definition) is 1. The summed E-state index contributed by atoms with van der Waals surface area (Å²) in [6, 6.07) is 1.80. The number of aryl methyl sites for hydroxylation is 1. The van der Waals surface area contributed by atoms with Crippen molar-refractivity contribution < 1.29 is 4.39 Å². The smallest absolute Gasteiger partial charge is 0.184 e. The molecule has 3 heterocycles. The van der Waals surface area contributed by atoms with Crippen molar-refractivity contribution in [2.24, 2.45) is 0 Å². The predicted molar refractivity (Wildman–Crippen MR) is 101 cm³/mol. The Labute approximate surface area is 154 Å². The largest absolute Gasteiger partial charge is 0.338 e. The van der Waals surface area contributed by atoms with Gasteiger partial charge in [0.25, 0.3) is 0 Å². The zero-order valence-corrected chi connectivity index (χ0v) is 14.6. The van der Waals surface area contributed by atoms with Crippen LogP contribution in [0.2, 0.25) is 0 Å². The second kappa shape index (κ2) is 7.37. The summed E-state index contributed by atoms with van der Waals surface area (Å²) in [5, 5.41) is 3.30. The van der Waals surface area contributed by atoms with Crippen molar-refractivity contribution in [1.82, 2.24) is 24.9 Å². The molecule has 0 aliphatic heterocycles. The molecule has 0 saturated carbocycles. The molecule has 0 bridgehead atoms. The SMILES string of the molecule is C=C(Cl)/C=C(\C(=C)F)c1nc(Nc2ccncc2C)c2nccnc2n1. The fourth-order valence-electron chi connectivity index (χ4n) is 2.23. The molecule has 0 saturated heterocycles. The van der Waals surface area contributed by atoms with Gasteiger partial charge in [0.1, 0.15) is 5.83 Å². The Morgan fingerprint density at radius 2 is 1.96 bits per heavy atom. The first-order chi connectivity index (χ1) is 12.5. The number of rotatable bonds is 5. The van der Waals surface area contributed by atoms with Crippen LogP contribution in [0.25, 0.3) is 16.7 Å². The molecule has 1 N–H and O–H groups in total. The Kier molecular flexibility index (Phi) is 4.99. The van der Waals surface area contributed by atoms with Crippen molar-refractivity contribution >= 4 is 39.8 Å². The Morgan fingerprint density at radius 1 is 1.19 bits per heavy atom. The van der Waals surface area contributed by atoms with Crippen LogP contribution in [-0.4, -0.2) is 24.9 Å². The minimum absolute atomic E-state index is 0.0204. The fraction of sp³-hybridized carbons (Fsp3) is 0.0556. The first-order valence-corrected chi connectivity index (χ1v) is 7.91. The number of fused-ring (bicyclic) bond motifs is 1. The van der Waals surface area contributed by atoms with E-state index in [2.05, 4.69) is 43.4 Å². The molecule has 0 unspecified atom stereocenters. The fourth-order valence-corrected chi connectivity index (χ4v) is 2.34. The molecule has 0 radical (unpaired) electrons. The lowest BCUT2D eigenvalue weighted by Crippen LogP contribution is -2.05. The molecule has 0 spiro atoms. The Bertz CT molecular complexity index is 1050. The molecule has 3 aromatic heterocycles. The molecule has 130 valence electrons. The lowest BCUT2D eigenvalue weighted by atomic mass is 10.2. The summed E-state index contributed by atoms with van der Waals surface area (Å²) in [7, 11) is 0. The molecule has 0 fully saturated rings. The summed E-state index contributed by atoms with van der Waals surface area (Å²) in [5.74, 6) is -0.290. The van der Waals surface area contributed by atoms with E-state index in [1.54, 1.807) is 18.5 Å². The lowest BCUT2D eigenvalue weighted by molar-refractivity contribution is 0.676. The van der Waals surface area contributed by atoms with Crippen LogP contribution in [0.4, 0.5) is 15.9 Å². The molecular formula is C18H14ClFN6. The summed E-state index contributed by atoms with van der Waals surface area (Å²) in [6.07, 6.45) is 7.70. The van der Waals surface area contributed by atoms with E-state index in [-0.39, 0.29) is 16.4 Å². The maximum Gasteiger partial charge on any atom is 0.184 e. The van der Waals surface area contributed by atoms with Gasteiger partial charge in [0, 0.05) is 35.5 Å². The van der Waals surface area contributed by atoms with Gasteiger partial charge in [0.2, 0.25) is 0 Å². The van der Waals surface area contributed by atoms with Crippen LogP contribution in [-0.2, 0) is 0 Å². The van der Waals surface area contributed by atoms with E-state index >= 15 is 0 Å². The summed E-state index contributed by atoms with van der Waals surface area (Å²) >= 11 is 5.79. The summed E-state index contributed by atoms with van der Waals surface area (Å²) in [5.41, 5.74) is 2.46. The standard InChI is InChI=1S/C18H14ClFN6/c1-10-9-21-5-4-14(10)24-18-15-17(23-7-6-22-15)25-16(26-18)13(12(3)20)8-11(2)19/h4-9H,2-3H2,1H3,(H,21,23,24,25,26)/b13-8+. The van der Waals surface area contributed by atoms with Crippen LogP contribution < -0.4 is 5.32 Å². The van der Waals surface area contributed by atoms with Gasteiger partial charge >= 0.3 is 0 Å². The number of nitrogens with one attached hydrogen (secondary N) is 1. The van der Waals surface area contributed by atoms with Crippen molar-refractivity contribution in [3.8, 4) is 0 Å². The zero-order valence-electron chi connectivity index (χ0n) is 13.9. The van der Waals surface area contributed by atoms with Gasteiger partial charge in [-0.1, -0.05) is 24.8 Å². The van der Waals surface area contributed by atoms with Crippen molar-refractivity contribution in [2.45, 2.75) is 6.92 Å². The number of halogens is 2. The number of hydrogen-bond acceptors (Lipinski definition) is 6. The van der Waals surface area contributed by atoms with E-state index in [0.29, 0.717) is 17.0 Å². The van der Waals surface area contributed by atoms with E-state index in [1.165, 1.54) is 18.5 Å². The predicted octanol–water partition coefficient (Wildman–Crippen LogP) is 4.49. The van der Waals surface area contributed by atoms with E-state index < -0.39 is 5.83 Å². The van der Waals surface area contributed by atoms with E-state index in [4.69, 9.17) is 11.6 Å². The van der Waals surface area contributed by atoms with Crippen molar-refractivity contribution in [2.75, 3.05) is 5.32 Å². The molecule has 26 heavy (non-hydrogen) atoms. The van der Waals surface area contributed by atoms with Gasteiger partial charge in [-0.15, -0.1) is 0 Å². The molecule has 8 heteroatoms. The minimum Gasteiger partial charge on any atom is -0.338 e. The highest BCUT2D eigenvalue weighted by Crippen LogP contribution is 2.28. The second-order valence-electron chi connectivity index (χ2n) is 5.35. The normalized spacial score (nSPS) is 11.4. The molecule has 0 amide bonds. The zero-order chi connectivity index (χ0) is 18.7. The highest BCUT2D eigenvalue weighted by molar-refractivity contribution is 6.31. The van der Waals surface area contributed by atoms with Crippen molar-refractivity contribution in [1.29, 1.82) is 0 Å². The van der Waals surface area contributed by atoms with E-state index in [1.807, 2.05) is 6.92 Å². The Morgan fingerprint density at radius 3 is 2.65 bits per heavy atom. The average molecular weight is 369 g/mol. The highest BCUT2D eigenvalue weighted by Gasteiger charge is 2.16. The molecule has 0 aromatic carbocycles. The number of nitrogens with zero attached hydrogens (tertiary/aromatic N) is 5. The van der Waals surface area contributed by atoms with Crippen LogP contribution in [0.15, 0.2) is 60.9 Å². The van der Waals surface area contributed by atoms with Crippen molar-refractivity contribution in [3.63, 3.8) is 0 Å². The topological polar surface area (TPSA) is 76.5 Å². The number of allylic oxidation sites excluding steroid dienone is 4. The molecule has 0 aliphatic carbocycles. The van der Waals surface area contributed by atoms with Crippen LogP contribution >= 0.6 is 11.6 Å². The third-order valence-corrected chi connectivity index (χ3v) is 3.55. The molecule has 0 aliphatic rings. The first-order valence-electron chi connectivity index (χ1n) is 7.53. The van der Waals surface area contributed by atoms with E-state index in [0.717, 1.165) is 11.3 Å².